The Kier molecular flexibility index (Phi) is 7.23. The van der Waals surface area contributed by atoms with Gasteiger partial charge in [0.15, 0.2) is 28.9 Å². The van der Waals surface area contributed by atoms with E-state index in [9.17, 15) is 37.5 Å². The summed E-state index contributed by atoms with van der Waals surface area (Å²) >= 11 is 9.34. The van der Waals surface area contributed by atoms with Crippen molar-refractivity contribution in [1.29, 1.82) is 0 Å². The smallest absolute Gasteiger partial charge is 0.433 e. The molecule has 9 nitrogen and oxygen atoms in total. The van der Waals surface area contributed by atoms with E-state index >= 15 is 0 Å². The number of amides is 2. The summed E-state index contributed by atoms with van der Waals surface area (Å²) in [5, 5.41) is 11.7. The van der Waals surface area contributed by atoms with Crippen LogP contribution < -0.4 is 9.75 Å². The van der Waals surface area contributed by atoms with Crippen LogP contribution in [0.25, 0.3) is 0 Å². The van der Waals surface area contributed by atoms with Crippen molar-refractivity contribution in [2.75, 3.05) is 19.2 Å². The van der Waals surface area contributed by atoms with E-state index in [-0.39, 0.29) is 45.0 Å². The number of phenols is 1. The van der Waals surface area contributed by atoms with Crippen molar-refractivity contribution in [2.45, 2.75) is 24.9 Å². The van der Waals surface area contributed by atoms with E-state index in [1.165, 1.54) is 26.3 Å². The molecular weight excluding hydrogens is 671 g/mol. The van der Waals surface area contributed by atoms with E-state index in [0.29, 0.717) is 17.2 Å². The molecule has 1 fully saturated rings. The lowest BCUT2D eigenvalue weighted by Crippen LogP contribution is -2.46. The second kappa shape index (κ2) is 10.6. The van der Waals surface area contributed by atoms with E-state index in [1.807, 2.05) is 0 Å². The maximum absolute atomic E-state index is 14.1. The molecule has 0 bridgehead atoms. The first-order valence-electron chi connectivity index (χ1n) is 13.4. The number of hydrogen-bond acceptors (Lipinski definition) is 8. The first kappa shape index (κ1) is 30.1. The van der Waals surface area contributed by atoms with Crippen molar-refractivity contribution in [3.8, 4) is 11.5 Å². The number of benzene rings is 1. The number of imide groups is 1. The number of carbonyl (C=O) groups excluding carboxylic acids is 4. The van der Waals surface area contributed by atoms with Crippen LogP contribution in [0.2, 0.25) is 5.02 Å². The van der Waals surface area contributed by atoms with Crippen molar-refractivity contribution < 1.29 is 42.2 Å². The Morgan fingerprint density at radius 3 is 2.52 bits per heavy atom. The average molecular weight is 693 g/mol. The molecule has 3 aliphatic carbocycles. The van der Waals surface area contributed by atoms with Gasteiger partial charge in [-0.25, -0.2) is 4.98 Å². The maximum Gasteiger partial charge on any atom is 0.433 e. The summed E-state index contributed by atoms with van der Waals surface area (Å²) in [5.41, 5.74) is 0.352. The van der Waals surface area contributed by atoms with Crippen LogP contribution in [-0.2, 0) is 25.4 Å². The Morgan fingerprint density at radius 1 is 1.11 bits per heavy atom. The fourth-order valence-corrected chi connectivity index (χ4v) is 7.32. The number of Topliss-reactive ketones (excluding diaryl/α,β-unsaturated/α-hetero) is 1. The number of hydrazine groups is 1. The van der Waals surface area contributed by atoms with Crippen LogP contribution >= 0.6 is 27.5 Å². The highest BCUT2D eigenvalue weighted by atomic mass is 79.9. The van der Waals surface area contributed by atoms with Gasteiger partial charge in [0.05, 0.1) is 28.5 Å². The Morgan fingerprint density at radius 2 is 1.84 bits per heavy atom. The first-order valence-corrected chi connectivity index (χ1v) is 14.5. The summed E-state index contributed by atoms with van der Waals surface area (Å²) in [5.74, 6) is -5.96. The lowest BCUT2D eigenvalue weighted by Gasteiger charge is -2.42. The van der Waals surface area contributed by atoms with Crippen LogP contribution in [0.3, 0.4) is 0 Å². The Labute approximate surface area is 261 Å². The molecule has 2 amide bonds. The third-order valence-corrected chi connectivity index (χ3v) is 9.45. The van der Waals surface area contributed by atoms with E-state index in [2.05, 4.69) is 20.9 Å². The van der Waals surface area contributed by atoms with Gasteiger partial charge in [0.25, 0.3) is 11.8 Å². The highest BCUT2D eigenvalue weighted by molar-refractivity contribution is 9.12. The second-order valence-electron chi connectivity index (χ2n) is 10.8. The van der Waals surface area contributed by atoms with Gasteiger partial charge in [0, 0.05) is 30.2 Å². The van der Waals surface area contributed by atoms with Crippen LogP contribution in [0.5, 0.6) is 11.5 Å². The number of carbonyl (C=O) groups is 4. The van der Waals surface area contributed by atoms with Crippen molar-refractivity contribution in [1.82, 2.24) is 9.99 Å². The van der Waals surface area contributed by atoms with Crippen LogP contribution in [0.4, 0.5) is 19.0 Å². The number of aromatic nitrogens is 1. The summed E-state index contributed by atoms with van der Waals surface area (Å²) in [6, 6.07) is 6.23. The molecule has 6 rings (SSSR count). The third kappa shape index (κ3) is 4.55. The minimum atomic E-state index is -4.79. The largest absolute Gasteiger partial charge is 0.504 e. The Hall–Kier alpha value is -3.97. The fourth-order valence-electron chi connectivity index (χ4n) is 6.65. The SMILES string of the molecule is COc1cc([C@H]2C3=CC[C@@H]4C(=O)N(N(C)c5nc(C(F)(F)F)ccc5Cl)C(=O)[C@@H]4[C@@H]3CC3=C2C(=O)C=C(Br)C3=O)ccc1O. The van der Waals surface area contributed by atoms with Gasteiger partial charge in [-0.1, -0.05) is 29.3 Å². The number of halogens is 5. The number of phenolic OH excluding ortho intramolecular Hbond substituents is 1. The molecule has 1 saturated heterocycles. The molecule has 2 heterocycles. The maximum atomic E-state index is 14.1. The van der Waals surface area contributed by atoms with Gasteiger partial charge >= 0.3 is 6.18 Å². The Bertz CT molecular complexity index is 1770. The highest BCUT2D eigenvalue weighted by Gasteiger charge is 2.57. The number of methoxy groups -OCH3 is 1. The molecule has 14 heteroatoms. The minimum Gasteiger partial charge on any atom is -0.504 e. The normalized spacial score (nSPS) is 24.9. The van der Waals surface area contributed by atoms with Crippen LogP contribution in [-0.4, -0.2) is 52.6 Å². The highest BCUT2D eigenvalue weighted by Crippen LogP contribution is 2.56. The number of fused-ring (bicyclic) bond motifs is 3. The van der Waals surface area contributed by atoms with Crippen LogP contribution in [0.1, 0.15) is 30.0 Å². The molecule has 0 radical (unpaired) electrons. The van der Waals surface area contributed by atoms with Gasteiger partial charge in [0.2, 0.25) is 0 Å². The van der Waals surface area contributed by atoms with Crippen molar-refractivity contribution in [3.05, 3.63) is 80.0 Å². The van der Waals surface area contributed by atoms with E-state index < -0.39 is 64.7 Å². The number of ketones is 2. The average Bonchev–Trinajstić information content (AvgIpc) is 3.23. The lowest BCUT2D eigenvalue weighted by atomic mass is 9.59. The number of allylic oxidation sites excluding steroid dienone is 6. The molecule has 4 aliphatic rings. The number of pyridine rings is 1. The Balaban J connectivity index is 1.44. The number of ether oxygens (including phenoxy) is 1. The van der Waals surface area contributed by atoms with Crippen molar-refractivity contribution in [2.24, 2.45) is 17.8 Å². The summed E-state index contributed by atoms with van der Waals surface area (Å²) in [7, 11) is 2.60. The molecular formula is C30H22BrClF3N3O6. The summed E-state index contributed by atoms with van der Waals surface area (Å²) in [4.78, 5) is 58.1. The van der Waals surface area contributed by atoms with Gasteiger partial charge in [-0.2, -0.15) is 18.2 Å². The summed E-state index contributed by atoms with van der Waals surface area (Å²) < 4.78 is 45.6. The zero-order valence-corrected chi connectivity index (χ0v) is 25.3. The molecule has 1 N–H and O–H groups in total. The number of hydrogen-bond donors (Lipinski definition) is 1. The molecule has 0 spiro atoms. The molecule has 1 aromatic carbocycles. The van der Waals surface area contributed by atoms with Crippen molar-refractivity contribution in [3.63, 3.8) is 0 Å². The van der Waals surface area contributed by atoms with Gasteiger partial charge in [0.1, 0.15) is 5.69 Å². The molecule has 0 saturated carbocycles. The molecule has 1 aromatic heterocycles. The van der Waals surface area contributed by atoms with Crippen LogP contribution in [0, 0.1) is 17.8 Å². The number of anilines is 1. The standard InChI is InChI=1S/C30H22BrClF3N3O6/c1-37(27-18(32)6-8-22(36-27)30(33,34)35)38-28(42)14-5-4-13-15(24(14)29(38)43)10-16-25(20(40)11-17(31)26(16)41)23(13)12-3-7-19(39)21(9-12)44-2/h3-4,6-9,11,14-15,23-24,39H,5,10H2,1-2H3/t14-,15+,23-,24-/m0/s1. The molecule has 44 heavy (non-hydrogen) atoms. The number of alkyl halides is 3. The lowest BCUT2D eigenvalue weighted by molar-refractivity contribution is -0.141. The molecule has 1 aliphatic heterocycles. The molecule has 0 unspecified atom stereocenters. The van der Waals surface area contributed by atoms with E-state index in [1.54, 1.807) is 18.2 Å². The topological polar surface area (TPSA) is 117 Å². The van der Waals surface area contributed by atoms with Gasteiger partial charge in [-0.3, -0.25) is 24.2 Å². The molecule has 4 atom stereocenters. The van der Waals surface area contributed by atoms with Gasteiger partial charge in [-0.15, -0.1) is 0 Å². The number of rotatable bonds is 4. The number of aromatic hydroxyl groups is 1. The zero-order valence-electron chi connectivity index (χ0n) is 23.0. The monoisotopic (exact) mass is 691 g/mol. The minimum absolute atomic E-state index is 0.0132. The summed E-state index contributed by atoms with van der Waals surface area (Å²) in [6.07, 6.45) is -1.72. The second-order valence-corrected chi connectivity index (χ2v) is 12.1. The molecule has 2 aromatic rings. The fraction of sp³-hybridized carbons (Fsp3) is 0.300. The molecule has 228 valence electrons. The first-order chi connectivity index (χ1) is 20.7. The summed E-state index contributed by atoms with van der Waals surface area (Å²) in [6.45, 7) is 0. The van der Waals surface area contributed by atoms with E-state index in [0.717, 1.165) is 16.1 Å². The predicted octanol–water partition coefficient (Wildman–Crippen LogP) is 5.28. The zero-order chi connectivity index (χ0) is 31.8. The predicted molar refractivity (Wildman–Crippen MR) is 154 cm³/mol. The van der Waals surface area contributed by atoms with Crippen molar-refractivity contribution >= 4 is 56.7 Å². The van der Waals surface area contributed by atoms with Crippen LogP contribution in [0.15, 0.2) is 63.7 Å². The number of nitrogens with zero attached hydrogens (tertiary/aromatic N) is 3. The van der Waals surface area contributed by atoms with Gasteiger partial charge in [-0.05, 0) is 64.5 Å². The quantitative estimate of drug-likeness (QED) is 0.262. The van der Waals surface area contributed by atoms with Gasteiger partial charge < -0.3 is 9.84 Å². The van der Waals surface area contributed by atoms with E-state index in [4.69, 9.17) is 16.3 Å². The third-order valence-electron chi connectivity index (χ3n) is 8.57.